The highest BCUT2D eigenvalue weighted by Gasteiger charge is 2.24. The second-order valence-corrected chi connectivity index (χ2v) is 5.67. The van der Waals surface area contributed by atoms with E-state index in [4.69, 9.17) is 11.6 Å². The van der Waals surface area contributed by atoms with E-state index in [-0.39, 0.29) is 12.1 Å². The molecule has 0 radical (unpaired) electrons. The van der Waals surface area contributed by atoms with E-state index in [1.807, 2.05) is 22.5 Å². The fourth-order valence-corrected chi connectivity index (χ4v) is 2.48. The molecule has 0 aliphatic heterocycles. The van der Waals surface area contributed by atoms with Crippen LogP contribution in [0.5, 0.6) is 0 Å². The maximum absolute atomic E-state index is 6.36. The molecule has 0 saturated heterocycles. The lowest BCUT2D eigenvalue weighted by molar-refractivity contribution is 0.468. The van der Waals surface area contributed by atoms with Gasteiger partial charge in [0.15, 0.2) is 0 Å². The summed E-state index contributed by atoms with van der Waals surface area (Å²) >= 11 is 6.36. The fraction of sp³-hybridized carbons (Fsp3) is 0.571. The number of nitrogens with one attached hydrogen (secondary N) is 1. The Balaban J connectivity index is 2.43. The molecule has 2 aromatic heterocycles. The molecule has 0 aromatic carbocycles. The van der Waals surface area contributed by atoms with Gasteiger partial charge in [-0.2, -0.15) is 5.10 Å². The molecule has 20 heavy (non-hydrogen) atoms. The van der Waals surface area contributed by atoms with E-state index in [1.165, 1.54) is 0 Å². The second-order valence-electron chi connectivity index (χ2n) is 5.27. The lowest BCUT2D eigenvalue weighted by atomic mass is 10.1. The zero-order valence-electron chi connectivity index (χ0n) is 12.5. The van der Waals surface area contributed by atoms with Crippen molar-refractivity contribution >= 4 is 11.6 Å². The molecule has 0 saturated carbocycles. The van der Waals surface area contributed by atoms with Crippen molar-refractivity contribution < 1.29 is 0 Å². The van der Waals surface area contributed by atoms with Crippen molar-refractivity contribution in [1.29, 1.82) is 0 Å². The number of nitrogens with zero attached hydrogens (tertiary/aromatic N) is 4. The summed E-state index contributed by atoms with van der Waals surface area (Å²) in [7, 11) is 1.97. The Bertz CT molecular complexity index is 558. The first-order chi connectivity index (χ1) is 9.54. The van der Waals surface area contributed by atoms with E-state index >= 15 is 0 Å². The van der Waals surface area contributed by atoms with E-state index in [0.29, 0.717) is 5.02 Å². The first kappa shape index (κ1) is 15.1. The van der Waals surface area contributed by atoms with Crippen molar-refractivity contribution in [2.24, 2.45) is 7.05 Å². The van der Waals surface area contributed by atoms with Crippen LogP contribution in [0.4, 0.5) is 0 Å². The van der Waals surface area contributed by atoms with Crippen LogP contribution in [0.25, 0.3) is 0 Å². The predicted octanol–water partition coefficient (Wildman–Crippen LogP) is 2.94. The number of aromatic nitrogens is 4. The number of rotatable bonds is 6. The lowest BCUT2D eigenvalue weighted by Gasteiger charge is -2.20. The Morgan fingerprint density at radius 3 is 2.70 bits per heavy atom. The summed E-state index contributed by atoms with van der Waals surface area (Å²) in [6, 6.07) is 0.223. The third-order valence-corrected chi connectivity index (χ3v) is 3.46. The van der Waals surface area contributed by atoms with Gasteiger partial charge in [-0.15, -0.1) is 0 Å². The van der Waals surface area contributed by atoms with Crippen LogP contribution >= 0.6 is 11.6 Å². The van der Waals surface area contributed by atoms with Crippen LogP contribution in [0, 0.1) is 0 Å². The van der Waals surface area contributed by atoms with Gasteiger partial charge in [-0.05, 0) is 26.8 Å². The molecule has 110 valence electrons. The summed E-state index contributed by atoms with van der Waals surface area (Å²) in [6.07, 6.45) is 6.58. The monoisotopic (exact) mass is 295 g/mol. The van der Waals surface area contributed by atoms with Gasteiger partial charge in [0.25, 0.3) is 0 Å². The third-order valence-electron chi connectivity index (χ3n) is 3.17. The summed E-state index contributed by atoms with van der Waals surface area (Å²) in [5.41, 5.74) is 1.94. The fourth-order valence-electron chi connectivity index (χ4n) is 2.24. The molecular formula is C14H22ClN5. The van der Waals surface area contributed by atoms with Crippen molar-refractivity contribution in [2.75, 3.05) is 6.54 Å². The molecule has 1 N–H and O–H groups in total. The maximum atomic E-state index is 6.36. The van der Waals surface area contributed by atoms with Crippen molar-refractivity contribution in [3.8, 4) is 0 Å². The van der Waals surface area contributed by atoms with E-state index in [1.54, 1.807) is 12.5 Å². The highest BCUT2D eigenvalue weighted by molar-refractivity contribution is 6.31. The van der Waals surface area contributed by atoms with E-state index < -0.39 is 0 Å². The standard InChI is InChI=1S/C14H22ClN5/c1-5-6-16-13(12-8-19(4)9-17-12)14-11(15)7-18-20(14)10(2)3/h7-10,13,16H,5-6H2,1-4H3. The van der Waals surface area contributed by atoms with Gasteiger partial charge >= 0.3 is 0 Å². The predicted molar refractivity (Wildman–Crippen MR) is 81.0 cm³/mol. The third kappa shape index (κ3) is 3.04. The van der Waals surface area contributed by atoms with Gasteiger partial charge in [0, 0.05) is 19.3 Å². The normalized spacial score (nSPS) is 13.1. The molecular weight excluding hydrogens is 274 g/mol. The van der Waals surface area contributed by atoms with Crippen LogP contribution < -0.4 is 5.32 Å². The van der Waals surface area contributed by atoms with Crippen molar-refractivity contribution in [2.45, 2.75) is 39.3 Å². The average Bonchev–Trinajstić information content (AvgIpc) is 2.98. The average molecular weight is 296 g/mol. The summed E-state index contributed by atoms with van der Waals surface area (Å²) < 4.78 is 3.91. The molecule has 5 nitrogen and oxygen atoms in total. The Morgan fingerprint density at radius 2 is 2.15 bits per heavy atom. The Labute approximate surface area is 125 Å². The van der Waals surface area contributed by atoms with Crippen LogP contribution in [0.15, 0.2) is 18.7 Å². The minimum Gasteiger partial charge on any atom is -0.340 e. The molecule has 1 atom stereocenters. The summed E-state index contributed by atoms with van der Waals surface area (Å²) in [5.74, 6) is 0. The van der Waals surface area contributed by atoms with Gasteiger partial charge in [0.1, 0.15) is 0 Å². The van der Waals surface area contributed by atoms with Gasteiger partial charge in [-0.1, -0.05) is 18.5 Å². The molecule has 0 aliphatic carbocycles. The number of aryl methyl sites for hydroxylation is 1. The molecule has 0 spiro atoms. The molecule has 2 aromatic rings. The highest BCUT2D eigenvalue weighted by Crippen LogP contribution is 2.29. The minimum absolute atomic E-state index is 0.0338. The molecule has 0 amide bonds. The maximum Gasteiger partial charge on any atom is 0.0952 e. The van der Waals surface area contributed by atoms with Gasteiger partial charge in [-0.3, -0.25) is 4.68 Å². The summed E-state index contributed by atoms with van der Waals surface area (Å²) in [4.78, 5) is 4.47. The molecule has 0 aliphatic rings. The van der Waals surface area contributed by atoms with E-state index in [0.717, 1.165) is 24.4 Å². The number of hydrogen-bond donors (Lipinski definition) is 1. The SMILES string of the molecule is CCCNC(c1cn(C)cn1)c1c(Cl)cnn1C(C)C. The zero-order valence-corrected chi connectivity index (χ0v) is 13.2. The van der Waals surface area contributed by atoms with Crippen molar-refractivity contribution in [3.05, 3.63) is 35.1 Å². The lowest BCUT2D eigenvalue weighted by Crippen LogP contribution is -2.27. The molecule has 1 unspecified atom stereocenters. The van der Waals surface area contributed by atoms with Crippen molar-refractivity contribution in [3.63, 3.8) is 0 Å². The van der Waals surface area contributed by atoms with Crippen LogP contribution in [0.1, 0.15) is 50.7 Å². The van der Waals surface area contributed by atoms with Crippen LogP contribution in [0.3, 0.4) is 0 Å². The number of halogens is 1. The summed E-state index contributed by atoms with van der Waals surface area (Å²) in [5, 5.41) is 8.58. The number of hydrogen-bond acceptors (Lipinski definition) is 3. The molecule has 0 bridgehead atoms. The Morgan fingerprint density at radius 1 is 1.40 bits per heavy atom. The largest absolute Gasteiger partial charge is 0.340 e. The van der Waals surface area contributed by atoms with Crippen LogP contribution in [-0.2, 0) is 7.05 Å². The Hall–Kier alpha value is -1.33. The minimum atomic E-state index is -0.0338. The zero-order chi connectivity index (χ0) is 14.7. The van der Waals surface area contributed by atoms with Crippen molar-refractivity contribution in [1.82, 2.24) is 24.6 Å². The first-order valence-corrected chi connectivity index (χ1v) is 7.36. The number of imidazole rings is 1. The highest BCUT2D eigenvalue weighted by atomic mass is 35.5. The van der Waals surface area contributed by atoms with Gasteiger partial charge < -0.3 is 9.88 Å². The molecule has 2 heterocycles. The van der Waals surface area contributed by atoms with Gasteiger partial charge in [0.2, 0.25) is 0 Å². The quantitative estimate of drug-likeness (QED) is 0.891. The summed E-state index contributed by atoms with van der Waals surface area (Å²) in [6.45, 7) is 7.24. The molecule has 2 rings (SSSR count). The van der Waals surface area contributed by atoms with Gasteiger partial charge in [0.05, 0.1) is 35.0 Å². The van der Waals surface area contributed by atoms with Crippen LogP contribution in [-0.4, -0.2) is 25.9 Å². The second kappa shape index (κ2) is 6.41. The molecule has 0 fully saturated rings. The Kier molecular flexibility index (Phi) is 4.83. The van der Waals surface area contributed by atoms with Gasteiger partial charge in [-0.25, -0.2) is 4.98 Å². The topological polar surface area (TPSA) is 47.7 Å². The molecule has 6 heteroatoms. The smallest absolute Gasteiger partial charge is 0.0952 e. The van der Waals surface area contributed by atoms with E-state index in [9.17, 15) is 0 Å². The van der Waals surface area contributed by atoms with E-state index in [2.05, 4.69) is 36.2 Å². The van der Waals surface area contributed by atoms with Crippen LogP contribution in [0.2, 0.25) is 5.02 Å². The first-order valence-electron chi connectivity index (χ1n) is 6.98.